The quantitative estimate of drug-likeness (QED) is 0.187. The molecule has 9 nitrogen and oxygen atoms in total. The molecular formula is C28H40FN9. The van der Waals surface area contributed by atoms with Crippen LogP contribution in [0.2, 0.25) is 0 Å². The van der Waals surface area contributed by atoms with Crippen molar-refractivity contribution in [1.29, 1.82) is 0 Å². The number of likely N-dealkylation sites (tertiary alicyclic amines) is 1. The van der Waals surface area contributed by atoms with E-state index in [9.17, 15) is 4.39 Å². The van der Waals surface area contributed by atoms with Crippen molar-refractivity contribution in [3.63, 3.8) is 0 Å². The summed E-state index contributed by atoms with van der Waals surface area (Å²) in [5.74, 6) is 7.52. The fraction of sp³-hybridized carbons (Fsp3) is 0.393. The molecule has 1 saturated heterocycles. The number of halogens is 1. The molecule has 38 heavy (non-hydrogen) atoms. The lowest BCUT2D eigenvalue weighted by molar-refractivity contribution is 0.135. The Kier molecular flexibility index (Phi) is 10.8. The van der Waals surface area contributed by atoms with Gasteiger partial charge in [-0.3, -0.25) is 4.98 Å². The van der Waals surface area contributed by atoms with Crippen LogP contribution in [0.15, 0.2) is 67.4 Å². The molecule has 204 valence electrons. The lowest BCUT2D eigenvalue weighted by atomic mass is 10.0. The number of nitrogens with two attached hydrogens (primary N) is 2. The number of hydrogen-bond acceptors (Lipinski definition) is 9. The van der Waals surface area contributed by atoms with Crippen LogP contribution in [0.4, 0.5) is 16.0 Å². The van der Waals surface area contributed by atoms with E-state index in [-0.39, 0.29) is 12.7 Å². The molecule has 4 rings (SSSR count). The van der Waals surface area contributed by atoms with Crippen molar-refractivity contribution in [2.24, 2.45) is 11.6 Å². The predicted octanol–water partition coefficient (Wildman–Crippen LogP) is 4.14. The minimum absolute atomic E-state index is 0.277. The van der Waals surface area contributed by atoms with Gasteiger partial charge in [0.05, 0.1) is 18.1 Å². The molecule has 3 aromatic rings. The molecule has 2 aromatic heterocycles. The molecular weight excluding hydrogens is 481 g/mol. The molecule has 10 heteroatoms. The summed E-state index contributed by atoms with van der Waals surface area (Å²) in [6.45, 7) is 9.77. The van der Waals surface area contributed by atoms with Gasteiger partial charge in [0, 0.05) is 67.8 Å². The zero-order valence-electron chi connectivity index (χ0n) is 22.6. The monoisotopic (exact) mass is 521 g/mol. The van der Waals surface area contributed by atoms with Crippen molar-refractivity contribution in [3.05, 3.63) is 67.4 Å². The smallest absolute Gasteiger partial charge is 0.145 e. The van der Waals surface area contributed by atoms with Crippen molar-refractivity contribution < 1.29 is 4.39 Å². The molecule has 0 spiro atoms. The molecule has 0 saturated carbocycles. The second kappa shape index (κ2) is 14.3. The molecule has 0 bridgehead atoms. The number of hydrogen-bond donors (Lipinski definition) is 4. The fourth-order valence-corrected chi connectivity index (χ4v) is 4.20. The topological polar surface area (TPSA) is 121 Å². The van der Waals surface area contributed by atoms with Gasteiger partial charge in [-0.1, -0.05) is 18.7 Å². The normalized spacial score (nSPS) is 14.6. The zero-order chi connectivity index (χ0) is 27.5. The standard InChI is InChI=1S/C17H19N5.C11H21FN4/c1-11(2)21-17-10-19-9-15(22-17)12-4-5-13-8-20-16(18-3)7-14(13)6-12;1-2-10(13)9-16(14)11-3-6-15(7-4-11)8-5-12/h4-11H,1-3H3,(H,18,20)(H,21,22);2,9,11H,1,3-8,13-14H2/b;10-9-. The summed E-state index contributed by atoms with van der Waals surface area (Å²) >= 11 is 0. The Labute approximate surface area is 224 Å². The molecule has 0 radical (unpaired) electrons. The molecule has 6 N–H and O–H groups in total. The van der Waals surface area contributed by atoms with Crippen LogP contribution in [-0.4, -0.2) is 70.3 Å². The van der Waals surface area contributed by atoms with E-state index in [4.69, 9.17) is 11.6 Å². The first-order valence-corrected chi connectivity index (χ1v) is 12.9. The molecule has 1 aromatic carbocycles. The summed E-state index contributed by atoms with van der Waals surface area (Å²) in [4.78, 5) is 15.3. The van der Waals surface area contributed by atoms with Crippen LogP contribution in [-0.2, 0) is 0 Å². The van der Waals surface area contributed by atoms with E-state index >= 15 is 0 Å². The lowest BCUT2D eigenvalue weighted by Gasteiger charge is -2.35. The van der Waals surface area contributed by atoms with Gasteiger partial charge in [0.15, 0.2) is 0 Å². The number of anilines is 2. The first-order chi connectivity index (χ1) is 18.3. The molecule has 1 aliphatic heterocycles. The number of pyridine rings is 1. The van der Waals surface area contributed by atoms with Crippen molar-refractivity contribution in [2.75, 3.05) is 44.0 Å². The number of rotatable bonds is 9. The van der Waals surface area contributed by atoms with E-state index in [1.54, 1.807) is 29.7 Å². The minimum Gasteiger partial charge on any atom is -0.398 e. The summed E-state index contributed by atoms with van der Waals surface area (Å²) in [5.41, 5.74) is 8.08. The third kappa shape index (κ3) is 8.39. The number of benzene rings is 1. The Morgan fingerprint density at radius 3 is 2.61 bits per heavy atom. The maximum Gasteiger partial charge on any atom is 0.145 e. The van der Waals surface area contributed by atoms with Crippen molar-refractivity contribution in [1.82, 2.24) is 24.9 Å². The number of fused-ring (bicyclic) bond motifs is 1. The highest BCUT2D eigenvalue weighted by Crippen LogP contribution is 2.24. The Morgan fingerprint density at radius 2 is 1.95 bits per heavy atom. The summed E-state index contributed by atoms with van der Waals surface area (Å²) in [5, 5.41) is 10.2. The van der Waals surface area contributed by atoms with Crippen LogP contribution < -0.4 is 22.2 Å². The van der Waals surface area contributed by atoms with Gasteiger partial charge >= 0.3 is 0 Å². The van der Waals surface area contributed by atoms with Crippen LogP contribution in [0.1, 0.15) is 26.7 Å². The van der Waals surface area contributed by atoms with E-state index in [1.165, 1.54) is 0 Å². The number of allylic oxidation sites excluding steroid dienone is 1. The average molecular weight is 522 g/mol. The van der Waals surface area contributed by atoms with E-state index in [2.05, 4.69) is 63.0 Å². The van der Waals surface area contributed by atoms with Crippen LogP contribution in [0.3, 0.4) is 0 Å². The largest absolute Gasteiger partial charge is 0.398 e. The number of alkyl halides is 1. The number of hydrazine groups is 1. The fourth-order valence-electron chi connectivity index (χ4n) is 4.20. The highest BCUT2D eigenvalue weighted by molar-refractivity contribution is 5.88. The number of piperidine rings is 1. The van der Waals surface area contributed by atoms with E-state index < -0.39 is 0 Å². The van der Waals surface area contributed by atoms with Gasteiger partial charge in [0.1, 0.15) is 18.3 Å². The van der Waals surface area contributed by atoms with Gasteiger partial charge in [0.2, 0.25) is 0 Å². The van der Waals surface area contributed by atoms with Gasteiger partial charge in [-0.15, -0.1) is 0 Å². The predicted molar refractivity (Wildman–Crippen MR) is 155 cm³/mol. The summed E-state index contributed by atoms with van der Waals surface area (Å²) in [7, 11) is 1.87. The number of aromatic nitrogens is 3. The van der Waals surface area contributed by atoms with Crippen LogP contribution in [0.25, 0.3) is 22.0 Å². The van der Waals surface area contributed by atoms with Crippen molar-refractivity contribution in [3.8, 4) is 11.3 Å². The van der Waals surface area contributed by atoms with Crippen molar-refractivity contribution >= 4 is 22.4 Å². The zero-order valence-corrected chi connectivity index (χ0v) is 22.6. The summed E-state index contributed by atoms with van der Waals surface area (Å²) < 4.78 is 12.1. The summed E-state index contributed by atoms with van der Waals surface area (Å²) in [6.07, 6.45) is 10.5. The van der Waals surface area contributed by atoms with Crippen LogP contribution >= 0.6 is 0 Å². The van der Waals surface area contributed by atoms with Gasteiger partial charge in [-0.05, 0) is 50.3 Å². The molecule has 0 unspecified atom stereocenters. The molecule has 1 aliphatic rings. The molecule has 0 amide bonds. The van der Waals surface area contributed by atoms with Crippen LogP contribution in [0, 0.1) is 0 Å². The van der Waals surface area contributed by atoms with E-state index in [0.29, 0.717) is 18.3 Å². The molecule has 1 fully saturated rings. The molecule has 0 atom stereocenters. The Morgan fingerprint density at radius 1 is 1.18 bits per heavy atom. The first kappa shape index (κ1) is 28.8. The lowest BCUT2D eigenvalue weighted by Crippen LogP contribution is -2.46. The van der Waals surface area contributed by atoms with Gasteiger partial charge in [-0.25, -0.2) is 20.2 Å². The average Bonchev–Trinajstić information content (AvgIpc) is 2.93. The third-order valence-electron chi connectivity index (χ3n) is 6.26. The maximum atomic E-state index is 12.1. The highest BCUT2D eigenvalue weighted by atomic mass is 19.1. The van der Waals surface area contributed by atoms with E-state index in [0.717, 1.165) is 59.6 Å². The van der Waals surface area contributed by atoms with Gasteiger partial charge < -0.3 is 26.3 Å². The second-order valence-electron chi connectivity index (χ2n) is 9.51. The number of nitrogens with zero attached hydrogens (tertiary/aromatic N) is 5. The van der Waals surface area contributed by atoms with Crippen LogP contribution in [0.5, 0.6) is 0 Å². The minimum atomic E-state index is -0.277. The molecule has 0 aliphatic carbocycles. The summed E-state index contributed by atoms with van der Waals surface area (Å²) in [6, 6.07) is 8.86. The second-order valence-corrected chi connectivity index (χ2v) is 9.51. The highest BCUT2D eigenvalue weighted by Gasteiger charge is 2.21. The number of nitrogens with one attached hydrogen (secondary N) is 2. The SMILES string of the molecule is C=C/C(N)=C/N(N)C1CCN(CCF)CC1.CNc1cc2cc(-c3cncc(NC(C)C)n3)ccc2cn1. The van der Waals surface area contributed by atoms with Gasteiger partial charge in [0.25, 0.3) is 0 Å². The first-order valence-electron chi connectivity index (χ1n) is 12.9. The Hall–Kier alpha value is -3.76. The maximum absolute atomic E-state index is 12.1. The third-order valence-corrected chi connectivity index (χ3v) is 6.26. The molecule has 3 heterocycles. The van der Waals surface area contributed by atoms with Crippen molar-refractivity contribution in [2.45, 2.75) is 38.8 Å². The Bertz CT molecular complexity index is 1210. The van der Waals surface area contributed by atoms with E-state index in [1.807, 2.05) is 25.4 Å². The Balaban J connectivity index is 0.000000223. The van der Waals surface area contributed by atoms with Gasteiger partial charge in [-0.2, -0.15) is 0 Å².